The van der Waals surface area contributed by atoms with E-state index in [-0.39, 0.29) is 17.9 Å². The number of hydrogen-bond donors (Lipinski definition) is 2. The summed E-state index contributed by atoms with van der Waals surface area (Å²) in [6, 6.07) is 9.38. The first-order valence-corrected chi connectivity index (χ1v) is 8.00. The molecule has 118 valence electrons. The van der Waals surface area contributed by atoms with Crippen molar-refractivity contribution in [2.75, 3.05) is 19.6 Å². The van der Waals surface area contributed by atoms with E-state index in [0.29, 0.717) is 12.1 Å². The number of carbonyl (C=O) groups is 2. The average Bonchev–Trinajstić information content (AvgIpc) is 3.18. The predicted molar refractivity (Wildman–Crippen MR) is 84.5 cm³/mol. The Morgan fingerprint density at radius 1 is 1.32 bits per heavy atom. The third-order valence-corrected chi connectivity index (χ3v) is 4.79. The van der Waals surface area contributed by atoms with Gasteiger partial charge in [0.05, 0.1) is 0 Å². The van der Waals surface area contributed by atoms with E-state index in [1.54, 1.807) is 17.0 Å². The Kier molecular flexibility index (Phi) is 4.16. The van der Waals surface area contributed by atoms with Crippen LogP contribution in [-0.2, 0) is 4.79 Å². The van der Waals surface area contributed by atoms with E-state index in [1.165, 1.54) is 0 Å². The van der Waals surface area contributed by atoms with Gasteiger partial charge < -0.3 is 15.5 Å². The Morgan fingerprint density at radius 2 is 2.09 bits per heavy atom. The number of nitrogens with zero attached hydrogens (tertiary/aromatic N) is 1. The molecule has 5 heteroatoms. The summed E-state index contributed by atoms with van der Waals surface area (Å²) in [5.41, 5.74) is -0.0962. The second-order valence-corrected chi connectivity index (χ2v) is 6.36. The fourth-order valence-corrected chi connectivity index (χ4v) is 3.38. The molecule has 2 aliphatic heterocycles. The highest BCUT2D eigenvalue weighted by atomic mass is 16.2. The highest BCUT2D eigenvalue weighted by Crippen LogP contribution is 2.31. The van der Waals surface area contributed by atoms with Crippen LogP contribution in [0.2, 0.25) is 0 Å². The fraction of sp³-hybridized carbons (Fsp3) is 0.529. The molecule has 1 aromatic carbocycles. The van der Waals surface area contributed by atoms with Crippen LogP contribution in [0.5, 0.6) is 0 Å². The van der Waals surface area contributed by atoms with Crippen molar-refractivity contribution < 1.29 is 9.59 Å². The summed E-state index contributed by atoms with van der Waals surface area (Å²) < 4.78 is 0. The molecular weight excluding hydrogens is 278 g/mol. The van der Waals surface area contributed by atoms with Gasteiger partial charge in [0.25, 0.3) is 5.91 Å². The lowest BCUT2D eigenvalue weighted by atomic mass is 9.96. The maximum absolute atomic E-state index is 12.7. The van der Waals surface area contributed by atoms with Crippen LogP contribution in [0, 0.1) is 0 Å². The quantitative estimate of drug-likeness (QED) is 0.881. The standard InChI is InChI=1S/C17H23N3O2/c1-17(16(22)19-14-8-10-18-12-14)9-5-11-20(17)15(21)13-6-3-2-4-7-13/h2-4,6-7,14,18H,5,8-12H2,1H3,(H,19,22). The Hall–Kier alpha value is -1.88. The van der Waals surface area contributed by atoms with E-state index in [4.69, 9.17) is 0 Å². The van der Waals surface area contributed by atoms with Crippen molar-refractivity contribution in [3.8, 4) is 0 Å². The Morgan fingerprint density at radius 3 is 2.77 bits per heavy atom. The van der Waals surface area contributed by atoms with Crippen molar-refractivity contribution in [2.45, 2.75) is 37.8 Å². The van der Waals surface area contributed by atoms with Crippen LogP contribution in [0.3, 0.4) is 0 Å². The van der Waals surface area contributed by atoms with Crippen LogP contribution in [0.25, 0.3) is 0 Å². The zero-order valence-electron chi connectivity index (χ0n) is 13.0. The van der Waals surface area contributed by atoms with Crippen molar-refractivity contribution in [3.63, 3.8) is 0 Å². The van der Waals surface area contributed by atoms with Gasteiger partial charge in [-0.2, -0.15) is 0 Å². The van der Waals surface area contributed by atoms with E-state index in [1.807, 2.05) is 25.1 Å². The maximum atomic E-state index is 12.7. The number of carbonyl (C=O) groups excluding carboxylic acids is 2. The summed E-state index contributed by atoms with van der Waals surface area (Å²) in [6.45, 7) is 4.28. The summed E-state index contributed by atoms with van der Waals surface area (Å²) in [4.78, 5) is 27.2. The summed E-state index contributed by atoms with van der Waals surface area (Å²) in [5, 5.41) is 6.35. The molecule has 0 bridgehead atoms. The SMILES string of the molecule is CC1(C(=O)NC2CCNC2)CCCN1C(=O)c1ccccc1. The van der Waals surface area contributed by atoms with Gasteiger partial charge in [-0.25, -0.2) is 0 Å². The summed E-state index contributed by atoms with van der Waals surface area (Å²) in [7, 11) is 0. The van der Waals surface area contributed by atoms with Gasteiger partial charge >= 0.3 is 0 Å². The van der Waals surface area contributed by atoms with Gasteiger partial charge in [0, 0.05) is 24.7 Å². The van der Waals surface area contributed by atoms with E-state index < -0.39 is 5.54 Å². The molecule has 2 saturated heterocycles. The monoisotopic (exact) mass is 301 g/mol. The van der Waals surface area contributed by atoms with Gasteiger partial charge in [0.2, 0.25) is 5.91 Å². The molecule has 2 heterocycles. The molecule has 0 radical (unpaired) electrons. The Labute approximate surface area is 131 Å². The molecular formula is C17H23N3O2. The van der Waals surface area contributed by atoms with Gasteiger partial charge in [-0.3, -0.25) is 9.59 Å². The third-order valence-electron chi connectivity index (χ3n) is 4.79. The molecule has 2 aliphatic rings. The smallest absolute Gasteiger partial charge is 0.254 e. The second kappa shape index (κ2) is 6.08. The normalized spacial score (nSPS) is 27.9. The largest absolute Gasteiger partial charge is 0.350 e. The minimum absolute atomic E-state index is 0.0250. The molecule has 0 aliphatic carbocycles. The molecule has 2 fully saturated rings. The molecule has 22 heavy (non-hydrogen) atoms. The third kappa shape index (κ3) is 2.73. The number of nitrogens with one attached hydrogen (secondary N) is 2. The molecule has 0 aromatic heterocycles. The van der Waals surface area contributed by atoms with Crippen LogP contribution in [0.1, 0.15) is 36.5 Å². The van der Waals surface area contributed by atoms with E-state index in [2.05, 4.69) is 10.6 Å². The lowest BCUT2D eigenvalue weighted by Gasteiger charge is -2.35. The first-order chi connectivity index (χ1) is 10.6. The summed E-state index contributed by atoms with van der Waals surface area (Å²) in [5.74, 6) is -0.0803. The van der Waals surface area contributed by atoms with Crippen LogP contribution >= 0.6 is 0 Å². The second-order valence-electron chi connectivity index (χ2n) is 6.36. The van der Waals surface area contributed by atoms with Crippen LogP contribution in [0.15, 0.2) is 30.3 Å². The minimum atomic E-state index is -0.741. The van der Waals surface area contributed by atoms with Gasteiger partial charge in [0.15, 0.2) is 0 Å². The van der Waals surface area contributed by atoms with Crippen LogP contribution < -0.4 is 10.6 Å². The van der Waals surface area contributed by atoms with Crippen molar-refractivity contribution in [1.29, 1.82) is 0 Å². The van der Waals surface area contributed by atoms with Crippen LogP contribution in [-0.4, -0.2) is 47.9 Å². The number of hydrogen-bond acceptors (Lipinski definition) is 3. The summed E-state index contributed by atoms with van der Waals surface area (Å²) in [6.07, 6.45) is 2.54. The predicted octanol–water partition coefficient (Wildman–Crippen LogP) is 1.16. The van der Waals surface area contributed by atoms with Gasteiger partial charge in [-0.1, -0.05) is 18.2 Å². The van der Waals surface area contributed by atoms with Crippen molar-refractivity contribution in [2.24, 2.45) is 0 Å². The molecule has 5 nitrogen and oxygen atoms in total. The molecule has 0 saturated carbocycles. The lowest BCUT2D eigenvalue weighted by Crippen LogP contribution is -2.57. The highest BCUT2D eigenvalue weighted by molar-refractivity contribution is 5.99. The zero-order chi connectivity index (χ0) is 15.6. The average molecular weight is 301 g/mol. The molecule has 2 atom stereocenters. The van der Waals surface area contributed by atoms with Crippen molar-refractivity contribution in [1.82, 2.24) is 15.5 Å². The van der Waals surface area contributed by atoms with Gasteiger partial charge in [-0.05, 0) is 44.9 Å². The fourth-order valence-electron chi connectivity index (χ4n) is 3.38. The maximum Gasteiger partial charge on any atom is 0.254 e. The van der Waals surface area contributed by atoms with Crippen LogP contribution in [0.4, 0.5) is 0 Å². The number of benzene rings is 1. The summed E-state index contributed by atoms with van der Waals surface area (Å²) >= 11 is 0. The first kappa shape index (κ1) is 15.0. The molecule has 3 rings (SSSR count). The van der Waals surface area contributed by atoms with Gasteiger partial charge in [0.1, 0.15) is 5.54 Å². The molecule has 2 amide bonds. The molecule has 2 unspecified atom stereocenters. The molecule has 0 spiro atoms. The first-order valence-electron chi connectivity index (χ1n) is 8.00. The highest BCUT2D eigenvalue weighted by Gasteiger charge is 2.46. The Balaban J connectivity index is 1.76. The lowest BCUT2D eigenvalue weighted by molar-refractivity contribution is -0.130. The van der Waals surface area contributed by atoms with E-state index in [0.717, 1.165) is 32.4 Å². The topological polar surface area (TPSA) is 61.4 Å². The molecule has 2 N–H and O–H groups in total. The Bertz CT molecular complexity index is 554. The number of amides is 2. The minimum Gasteiger partial charge on any atom is -0.350 e. The molecule has 1 aromatic rings. The van der Waals surface area contributed by atoms with E-state index >= 15 is 0 Å². The van der Waals surface area contributed by atoms with Crippen molar-refractivity contribution in [3.05, 3.63) is 35.9 Å². The van der Waals surface area contributed by atoms with E-state index in [9.17, 15) is 9.59 Å². The number of likely N-dealkylation sites (tertiary alicyclic amines) is 1. The van der Waals surface area contributed by atoms with Crippen molar-refractivity contribution >= 4 is 11.8 Å². The zero-order valence-corrected chi connectivity index (χ0v) is 13.0. The van der Waals surface area contributed by atoms with Gasteiger partial charge in [-0.15, -0.1) is 0 Å². The number of rotatable bonds is 3.